The molecule has 176 valence electrons. The summed E-state index contributed by atoms with van der Waals surface area (Å²) in [5.74, 6) is -1.69. The molecule has 2 rings (SSSR count). The Balaban J connectivity index is 2.29. The molecule has 1 unspecified atom stereocenters. The SMILES string of the molecule is CC1=C(OC(=O)OCCCCCCO)C(c2ccccc2OC(F)F)C([N+](=O)[O-])=C(C)N1. The number of carbonyl (C=O) groups excluding carboxylic acids is 1. The minimum Gasteiger partial charge on any atom is -0.435 e. The number of rotatable bonds is 11. The first-order chi connectivity index (χ1) is 15.3. The number of para-hydroxylation sites is 1. The summed E-state index contributed by atoms with van der Waals surface area (Å²) in [7, 11) is 0. The molecular formula is C21H26F2N2O7. The van der Waals surface area contributed by atoms with Crippen LogP contribution in [0, 0.1) is 10.1 Å². The average molecular weight is 456 g/mol. The molecule has 9 nitrogen and oxygen atoms in total. The number of nitro groups is 1. The molecule has 0 amide bonds. The minimum atomic E-state index is -3.15. The van der Waals surface area contributed by atoms with Gasteiger partial charge in [0.05, 0.1) is 22.9 Å². The Kier molecular flexibility index (Phi) is 9.39. The summed E-state index contributed by atoms with van der Waals surface area (Å²) in [6, 6.07) is 5.62. The van der Waals surface area contributed by atoms with Crippen molar-refractivity contribution in [2.75, 3.05) is 13.2 Å². The molecule has 1 aliphatic rings. The van der Waals surface area contributed by atoms with Crippen molar-refractivity contribution in [2.24, 2.45) is 0 Å². The average Bonchev–Trinajstić information content (AvgIpc) is 2.72. The number of aliphatic hydroxyl groups excluding tert-OH is 1. The Hall–Kier alpha value is -3.21. The molecule has 32 heavy (non-hydrogen) atoms. The molecule has 0 aliphatic carbocycles. The van der Waals surface area contributed by atoms with Crippen LogP contribution >= 0.6 is 0 Å². The summed E-state index contributed by atoms with van der Waals surface area (Å²) in [5, 5.41) is 23.4. The summed E-state index contributed by atoms with van der Waals surface area (Å²) >= 11 is 0. The second-order valence-corrected chi connectivity index (χ2v) is 7.07. The highest BCUT2D eigenvalue weighted by Crippen LogP contribution is 2.42. The van der Waals surface area contributed by atoms with E-state index in [0.717, 1.165) is 12.8 Å². The van der Waals surface area contributed by atoms with Gasteiger partial charge in [0.2, 0.25) is 0 Å². The number of nitrogens with one attached hydrogen (secondary N) is 1. The van der Waals surface area contributed by atoms with E-state index in [0.29, 0.717) is 18.5 Å². The van der Waals surface area contributed by atoms with Crippen LogP contribution in [-0.2, 0) is 9.47 Å². The predicted octanol–water partition coefficient (Wildman–Crippen LogP) is 4.42. The molecular weight excluding hydrogens is 430 g/mol. The number of hydrogen-bond donors (Lipinski definition) is 2. The van der Waals surface area contributed by atoms with E-state index >= 15 is 0 Å². The van der Waals surface area contributed by atoms with Crippen molar-refractivity contribution < 1.29 is 37.8 Å². The second-order valence-electron chi connectivity index (χ2n) is 7.07. The first kappa shape index (κ1) is 25.1. The number of benzene rings is 1. The zero-order chi connectivity index (χ0) is 23.7. The molecule has 0 fully saturated rings. The molecule has 0 saturated heterocycles. The van der Waals surface area contributed by atoms with Crippen molar-refractivity contribution in [2.45, 2.75) is 52.1 Å². The maximum absolute atomic E-state index is 12.9. The molecule has 1 aromatic carbocycles. The monoisotopic (exact) mass is 456 g/mol. The van der Waals surface area contributed by atoms with Crippen molar-refractivity contribution in [1.29, 1.82) is 0 Å². The summed E-state index contributed by atoms with van der Waals surface area (Å²) in [6.07, 6.45) is 1.66. The van der Waals surface area contributed by atoms with Gasteiger partial charge in [0.25, 0.3) is 5.70 Å². The zero-order valence-electron chi connectivity index (χ0n) is 17.8. The van der Waals surface area contributed by atoms with Crippen LogP contribution in [0.4, 0.5) is 13.6 Å². The van der Waals surface area contributed by atoms with Gasteiger partial charge in [0.15, 0.2) is 0 Å². The summed E-state index contributed by atoms with van der Waals surface area (Å²) in [5.41, 5.74) is 0.151. The van der Waals surface area contributed by atoms with Gasteiger partial charge in [-0.25, -0.2) is 4.79 Å². The number of nitrogens with zero attached hydrogens (tertiary/aromatic N) is 1. The number of dihydropyridines is 1. The second kappa shape index (κ2) is 12.0. The number of unbranched alkanes of at least 4 members (excludes halogenated alkanes) is 3. The maximum atomic E-state index is 12.9. The highest BCUT2D eigenvalue weighted by Gasteiger charge is 2.41. The lowest BCUT2D eigenvalue weighted by molar-refractivity contribution is -0.431. The fraction of sp³-hybridized carbons (Fsp3) is 0.476. The van der Waals surface area contributed by atoms with Gasteiger partial charge in [0.1, 0.15) is 17.4 Å². The molecule has 0 spiro atoms. The smallest absolute Gasteiger partial charge is 0.435 e. The number of ether oxygens (including phenoxy) is 3. The first-order valence-corrected chi connectivity index (χ1v) is 10.1. The maximum Gasteiger partial charge on any atom is 0.513 e. The Morgan fingerprint density at radius 1 is 1.19 bits per heavy atom. The summed E-state index contributed by atoms with van der Waals surface area (Å²) in [6.45, 7) is 0.0185. The number of allylic oxidation sites excluding steroid dienone is 2. The Morgan fingerprint density at radius 2 is 1.88 bits per heavy atom. The highest BCUT2D eigenvalue weighted by atomic mass is 19.3. The van der Waals surface area contributed by atoms with Crippen LogP contribution in [-0.4, -0.2) is 36.0 Å². The van der Waals surface area contributed by atoms with Crippen molar-refractivity contribution in [1.82, 2.24) is 5.32 Å². The summed E-state index contributed by atoms with van der Waals surface area (Å²) in [4.78, 5) is 23.4. The molecule has 2 N–H and O–H groups in total. The van der Waals surface area contributed by atoms with Gasteiger partial charge in [-0.1, -0.05) is 24.6 Å². The van der Waals surface area contributed by atoms with Crippen LogP contribution in [0.3, 0.4) is 0 Å². The lowest BCUT2D eigenvalue weighted by Crippen LogP contribution is -2.30. The molecule has 0 radical (unpaired) electrons. The normalized spacial score (nSPS) is 16.1. The Bertz CT molecular complexity index is 887. The van der Waals surface area contributed by atoms with Crippen LogP contribution in [0.15, 0.2) is 47.1 Å². The van der Waals surface area contributed by atoms with E-state index in [9.17, 15) is 23.7 Å². The van der Waals surface area contributed by atoms with Crippen LogP contribution in [0.2, 0.25) is 0 Å². The number of carbonyl (C=O) groups is 1. The molecule has 11 heteroatoms. The van der Waals surface area contributed by atoms with Crippen LogP contribution in [0.25, 0.3) is 0 Å². The lowest BCUT2D eigenvalue weighted by atomic mass is 9.89. The van der Waals surface area contributed by atoms with E-state index in [1.54, 1.807) is 6.92 Å². The Morgan fingerprint density at radius 3 is 2.53 bits per heavy atom. The van der Waals surface area contributed by atoms with Gasteiger partial charge < -0.3 is 24.6 Å². The fourth-order valence-electron chi connectivity index (χ4n) is 3.39. The lowest BCUT2D eigenvalue weighted by Gasteiger charge is -2.27. The van der Waals surface area contributed by atoms with Crippen molar-refractivity contribution >= 4 is 6.16 Å². The third-order valence-electron chi connectivity index (χ3n) is 4.77. The van der Waals surface area contributed by atoms with E-state index in [1.807, 2.05) is 0 Å². The van der Waals surface area contributed by atoms with Crippen molar-refractivity contribution in [3.63, 3.8) is 0 Å². The fourth-order valence-corrected chi connectivity index (χ4v) is 3.39. The van der Waals surface area contributed by atoms with E-state index in [2.05, 4.69) is 10.1 Å². The zero-order valence-corrected chi connectivity index (χ0v) is 17.8. The number of alkyl halides is 2. The van der Waals surface area contributed by atoms with Crippen LogP contribution in [0.1, 0.15) is 51.0 Å². The number of hydrogen-bond acceptors (Lipinski definition) is 8. The molecule has 0 bridgehead atoms. The minimum absolute atomic E-state index is 0.0477. The van der Waals surface area contributed by atoms with E-state index in [1.165, 1.54) is 31.2 Å². The van der Waals surface area contributed by atoms with E-state index in [-0.39, 0.29) is 41.7 Å². The van der Waals surface area contributed by atoms with Gasteiger partial charge in [-0.3, -0.25) is 10.1 Å². The molecule has 1 atom stereocenters. The molecule has 1 aliphatic heterocycles. The third kappa shape index (κ3) is 6.64. The third-order valence-corrected chi connectivity index (χ3v) is 4.77. The van der Waals surface area contributed by atoms with E-state index < -0.39 is 23.6 Å². The first-order valence-electron chi connectivity index (χ1n) is 10.1. The largest absolute Gasteiger partial charge is 0.513 e. The quantitative estimate of drug-likeness (QED) is 0.217. The van der Waals surface area contributed by atoms with Crippen molar-refractivity contribution in [3.05, 3.63) is 62.8 Å². The van der Waals surface area contributed by atoms with Gasteiger partial charge in [-0.2, -0.15) is 8.78 Å². The van der Waals surface area contributed by atoms with Gasteiger partial charge in [0, 0.05) is 12.2 Å². The standard InChI is InChI=1S/C21H26F2N2O7/c1-13-18(25(28)29)17(15-9-5-6-10-16(15)31-20(22)23)19(14(2)24-13)32-21(27)30-12-8-4-3-7-11-26/h5-6,9-10,17,20,24,26H,3-4,7-8,11-12H2,1-2H3. The molecule has 1 aromatic rings. The molecule has 0 aromatic heterocycles. The number of halogens is 2. The topological polar surface area (TPSA) is 120 Å². The summed E-state index contributed by atoms with van der Waals surface area (Å²) < 4.78 is 40.8. The predicted molar refractivity (Wildman–Crippen MR) is 109 cm³/mol. The van der Waals surface area contributed by atoms with Crippen LogP contribution < -0.4 is 10.1 Å². The van der Waals surface area contributed by atoms with Gasteiger partial charge in [-0.15, -0.1) is 0 Å². The van der Waals surface area contributed by atoms with Gasteiger partial charge >= 0.3 is 12.8 Å². The number of aliphatic hydroxyl groups is 1. The van der Waals surface area contributed by atoms with E-state index in [4.69, 9.17) is 14.6 Å². The van der Waals surface area contributed by atoms with Gasteiger partial charge in [-0.05, 0) is 39.2 Å². The van der Waals surface area contributed by atoms with Crippen LogP contribution in [0.5, 0.6) is 5.75 Å². The molecule has 1 heterocycles. The molecule has 0 saturated carbocycles. The highest BCUT2D eigenvalue weighted by molar-refractivity contribution is 5.63. The Labute approximate surface area is 183 Å². The van der Waals surface area contributed by atoms with Crippen molar-refractivity contribution in [3.8, 4) is 5.75 Å².